The van der Waals surface area contributed by atoms with Crippen LogP contribution in [0.3, 0.4) is 0 Å². The number of H-pyrrole nitrogens is 1. The third-order valence-corrected chi connectivity index (χ3v) is 8.48. The Hall–Kier alpha value is -6.80. The summed E-state index contributed by atoms with van der Waals surface area (Å²) < 4.78 is 64.1. The number of aromatic nitrogens is 8. The fourth-order valence-electron chi connectivity index (χ4n) is 4.68. The van der Waals surface area contributed by atoms with Crippen LogP contribution in [0.1, 0.15) is 0 Å². The molecule has 0 aliphatic carbocycles. The predicted molar refractivity (Wildman–Crippen MR) is 184 cm³/mol. The lowest BCUT2D eigenvalue weighted by atomic mass is 10.2. The lowest BCUT2D eigenvalue weighted by Gasteiger charge is -2.18. The van der Waals surface area contributed by atoms with Crippen LogP contribution >= 0.6 is 11.6 Å². The molecule has 0 fully saturated rings. The first-order valence-electron chi connectivity index (χ1n) is 15.3. The number of tetrazole rings is 1. The average Bonchev–Trinajstić information content (AvgIpc) is 3.89. The van der Waals surface area contributed by atoms with Crippen LogP contribution in [0.5, 0.6) is 34.6 Å². The van der Waals surface area contributed by atoms with Crippen molar-refractivity contribution in [2.45, 2.75) is 4.90 Å². The van der Waals surface area contributed by atoms with E-state index < -0.39 is 16.1 Å². The van der Waals surface area contributed by atoms with Crippen molar-refractivity contribution in [3.05, 3.63) is 85.2 Å². The Labute approximate surface area is 304 Å². The summed E-state index contributed by atoms with van der Waals surface area (Å²) in [7, 11) is -4.39. The van der Waals surface area contributed by atoms with Gasteiger partial charge in [0.15, 0.2) is 40.7 Å². The van der Waals surface area contributed by atoms with Crippen molar-refractivity contribution in [3.8, 4) is 57.5 Å². The van der Waals surface area contributed by atoms with Gasteiger partial charge in [-0.3, -0.25) is 15.0 Å². The SMILES string of the molecule is O=C(Nc1ccccn1)OCCOc1nc(-c2ccnc(-c3nn[nH]n3)c2)nc(NS(=O)(=O)c2ccc3c(c2)OCO3)c1Oc1ccccc1OCCl. The number of amides is 1. The quantitative estimate of drug-likeness (QED) is 0.101. The molecule has 2 aromatic carbocycles. The van der Waals surface area contributed by atoms with Gasteiger partial charge in [-0.25, -0.2) is 23.2 Å². The van der Waals surface area contributed by atoms with Gasteiger partial charge < -0.3 is 28.4 Å². The molecule has 0 saturated heterocycles. The van der Waals surface area contributed by atoms with Gasteiger partial charge in [-0.05, 0) is 53.7 Å². The van der Waals surface area contributed by atoms with Crippen LogP contribution in [0.25, 0.3) is 22.9 Å². The van der Waals surface area contributed by atoms with E-state index >= 15 is 0 Å². The zero-order valence-electron chi connectivity index (χ0n) is 27.0. The molecule has 0 atom stereocenters. The van der Waals surface area contributed by atoms with Crippen LogP contribution < -0.4 is 33.7 Å². The van der Waals surface area contributed by atoms with Crippen molar-refractivity contribution in [2.75, 3.05) is 36.1 Å². The number of sulfonamides is 1. The molecule has 1 aliphatic rings. The Morgan fingerprint density at radius 2 is 1.74 bits per heavy atom. The molecular formula is C32H25ClN10O9S. The van der Waals surface area contributed by atoms with E-state index in [4.69, 9.17) is 40.0 Å². The number of hydrogen-bond acceptors (Lipinski definition) is 16. The zero-order valence-corrected chi connectivity index (χ0v) is 28.6. The number of carbonyl (C=O) groups is 1. The topological polar surface area (TPSA) is 237 Å². The molecule has 7 rings (SSSR count). The van der Waals surface area contributed by atoms with Gasteiger partial charge in [-0.2, -0.15) is 10.2 Å². The van der Waals surface area contributed by atoms with Crippen molar-refractivity contribution in [2.24, 2.45) is 0 Å². The van der Waals surface area contributed by atoms with Gasteiger partial charge in [0.1, 0.15) is 24.7 Å². The van der Waals surface area contributed by atoms with Gasteiger partial charge in [0.05, 0.1) is 4.90 Å². The van der Waals surface area contributed by atoms with Crippen LogP contribution in [0.15, 0.2) is 90.1 Å². The number of anilines is 2. The molecule has 270 valence electrons. The minimum Gasteiger partial charge on any atom is -0.474 e. The third-order valence-electron chi connectivity index (χ3n) is 7.03. The molecule has 1 aliphatic heterocycles. The first-order chi connectivity index (χ1) is 25.9. The van der Waals surface area contributed by atoms with E-state index in [-0.39, 0.29) is 83.1 Å². The number of pyridine rings is 2. The normalized spacial score (nSPS) is 11.8. The van der Waals surface area contributed by atoms with Crippen molar-refractivity contribution < 1.29 is 41.6 Å². The van der Waals surface area contributed by atoms with E-state index in [9.17, 15) is 13.2 Å². The van der Waals surface area contributed by atoms with E-state index in [0.717, 1.165) is 0 Å². The highest BCUT2D eigenvalue weighted by molar-refractivity contribution is 7.92. The second kappa shape index (κ2) is 15.6. The molecule has 3 N–H and O–H groups in total. The van der Waals surface area contributed by atoms with Gasteiger partial charge >= 0.3 is 6.09 Å². The Kier molecular flexibility index (Phi) is 10.2. The number of alkyl halides is 1. The molecule has 0 unspecified atom stereocenters. The molecule has 4 aromatic heterocycles. The van der Waals surface area contributed by atoms with Crippen LogP contribution in [-0.2, 0) is 14.8 Å². The number of halogens is 1. The van der Waals surface area contributed by atoms with Crippen LogP contribution in [0.4, 0.5) is 16.4 Å². The first kappa shape index (κ1) is 34.6. The zero-order chi connectivity index (χ0) is 36.6. The maximum atomic E-state index is 13.9. The summed E-state index contributed by atoms with van der Waals surface area (Å²) in [5.74, 6) is 0.546. The molecular weight excluding hydrogens is 736 g/mol. The van der Waals surface area contributed by atoms with E-state index in [1.165, 1.54) is 30.6 Å². The van der Waals surface area contributed by atoms with Crippen LogP contribution in [0, 0.1) is 0 Å². The number of ether oxygens (including phenoxy) is 6. The van der Waals surface area contributed by atoms with Crippen molar-refractivity contribution in [1.82, 2.24) is 40.6 Å². The Bertz CT molecular complexity index is 2340. The minimum absolute atomic E-state index is 0.0259. The number of nitrogens with one attached hydrogen (secondary N) is 3. The highest BCUT2D eigenvalue weighted by Gasteiger charge is 2.27. The summed E-state index contributed by atoms with van der Waals surface area (Å²) in [4.78, 5) is 29.7. The number of fused-ring (bicyclic) bond motifs is 1. The number of hydrogen-bond donors (Lipinski definition) is 3. The summed E-state index contributed by atoms with van der Waals surface area (Å²) in [5, 5.41) is 16.3. The van der Waals surface area contributed by atoms with Gasteiger partial charge in [-0.15, -0.1) is 10.2 Å². The fraction of sp³-hybridized carbons (Fsp3) is 0.125. The van der Waals surface area contributed by atoms with Crippen LogP contribution in [-0.4, -0.2) is 81.1 Å². The third kappa shape index (κ3) is 8.24. The Balaban J connectivity index is 1.28. The Morgan fingerprint density at radius 1 is 0.887 bits per heavy atom. The van der Waals surface area contributed by atoms with Gasteiger partial charge in [0.25, 0.3) is 15.9 Å². The lowest BCUT2D eigenvalue weighted by molar-refractivity contribution is 0.135. The second-order valence-corrected chi connectivity index (χ2v) is 12.3. The lowest BCUT2D eigenvalue weighted by Crippen LogP contribution is -2.19. The molecule has 0 saturated carbocycles. The highest BCUT2D eigenvalue weighted by atomic mass is 35.5. The maximum Gasteiger partial charge on any atom is 0.412 e. The van der Waals surface area contributed by atoms with E-state index in [0.29, 0.717) is 17.0 Å². The van der Waals surface area contributed by atoms with Gasteiger partial charge in [0.2, 0.25) is 18.4 Å². The van der Waals surface area contributed by atoms with E-state index in [1.54, 1.807) is 54.6 Å². The molecule has 0 spiro atoms. The number of aromatic amines is 1. The van der Waals surface area contributed by atoms with Crippen molar-refractivity contribution in [3.63, 3.8) is 0 Å². The van der Waals surface area contributed by atoms with Gasteiger partial charge in [0, 0.05) is 24.0 Å². The molecule has 1 amide bonds. The van der Waals surface area contributed by atoms with Crippen molar-refractivity contribution >= 4 is 39.4 Å². The summed E-state index contributed by atoms with van der Waals surface area (Å²) >= 11 is 5.86. The molecule has 6 aromatic rings. The van der Waals surface area contributed by atoms with Gasteiger partial charge in [-0.1, -0.05) is 29.8 Å². The summed E-state index contributed by atoms with van der Waals surface area (Å²) in [6.45, 7) is -0.587. The maximum absolute atomic E-state index is 13.9. The number of nitrogens with zero attached hydrogens (tertiary/aromatic N) is 7. The average molecular weight is 761 g/mol. The summed E-state index contributed by atoms with van der Waals surface area (Å²) in [5.41, 5.74) is 0.668. The predicted octanol–water partition coefficient (Wildman–Crippen LogP) is 4.64. The molecule has 0 bridgehead atoms. The largest absolute Gasteiger partial charge is 0.474 e. The van der Waals surface area contributed by atoms with E-state index in [1.807, 2.05) is 0 Å². The number of rotatable bonds is 14. The molecule has 0 radical (unpaired) electrons. The number of carbonyl (C=O) groups excluding carboxylic acids is 1. The molecule has 53 heavy (non-hydrogen) atoms. The molecule has 21 heteroatoms. The summed E-state index contributed by atoms with van der Waals surface area (Å²) in [6.07, 6.45) is 2.18. The first-order valence-corrected chi connectivity index (χ1v) is 17.4. The number of benzene rings is 2. The smallest absolute Gasteiger partial charge is 0.412 e. The monoisotopic (exact) mass is 760 g/mol. The van der Waals surface area contributed by atoms with Crippen molar-refractivity contribution in [1.29, 1.82) is 0 Å². The summed E-state index contributed by atoms with van der Waals surface area (Å²) in [6, 6.07) is 18.5. The molecule has 5 heterocycles. The minimum atomic E-state index is -4.39. The van der Waals surface area contributed by atoms with E-state index in [2.05, 4.69) is 50.6 Å². The second-order valence-electron chi connectivity index (χ2n) is 10.4. The highest BCUT2D eigenvalue weighted by Crippen LogP contribution is 2.42. The number of para-hydroxylation sites is 2. The van der Waals surface area contributed by atoms with Crippen LogP contribution in [0.2, 0.25) is 0 Å². The molecule has 19 nitrogen and oxygen atoms in total. The standard InChI is InChI=1S/C32H25ClN10O9S/c33-17-49-22-5-1-2-6-24(22)52-27-30(41-53(45,46)20-8-9-23-25(16-20)51-18-50-23)37-28(19-10-12-34-21(15-19)29-39-42-43-40-29)38-31(27)47-13-14-48-32(44)36-26-7-3-4-11-35-26/h1-12,15-16H,13-14,17-18H2,(H,35,36,44)(H,37,38,41)(H,39,40,42,43). The fourth-order valence-corrected chi connectivity index (χ4v) is 5.82. The Morgan fingerprint density at radius 3 is 2.55 bits per heavy atom.